The molecule has 0 saturated carbocycles. The average molecular weight is 258 g/mol. The molecule has 1 aliphatic heterocycles. The summed E-state index contributed by atoms with van der Waals surface area (Å²) in [7, 11) is 0. The molecule has 0 aliphatic carbocycles. The number of aliphatic hydroxyl groups excluding tert-OH is 1. The summed E-state index contributed by atoms with van der Waals surface area (Å²) < 4.78 is 0. The van der Waals surface area contributed by atoms with E-state index in [1.807, 2.05) is 29.2 Å². The van der Waals surface area contributed by atoms with Gasteiger partial charge in [0.1, 0.15) is 0 Å². The Hall–Kier alpha value is -1.81. The van der Waals surface area contributed by atoms with Crippen LogP contribution in [-0.2, 0) is 0 Å². The van der Waals surface area contributed by atoms with Crippen LogP contribution in [0.25, 0.3) is 10.9 Å². The van der Waals surface area contributed by atoms with Crippen LogP contribution in [-0.4, -0.2) is 40.6 Å². The number of para-hydroxylation sites is 1. The molecule has 0 spiro atoms. The Morgan fingerprint density at radius 1 is 1.42 bits per heavy atom. The highest BCUT2D eigenvalue weighted by Gasteiger charge is 2.27. The van der Waals surface area contributed by atoms with E-state index in [1.54, 1.807) is 6.20 Å². The highest BCUT2D eigenvalue weighted by Crippen LogP contribution is 2.24. The van der Waals surface area contributed by atoms with Gasteiger partial charge in [-0.25, -0.2) is 0 Å². The standard InChI is InChI=1S/C15H18N2O2/c18-8-6-11-5-7-17(10-11)15(19)13-9-16-14-4-2-1-3-12(13)14/h1-4,9,11,16,18H,5-8,10H2. The first-order valence-electron chi connectivity index (χ1n) is 6.76. The van der Waals surface area contributed by atoms with Crippen molar-refractivity contribution in [3.05, 3.63) is 36.0 Å². The van der Waals surface area contributed by atoms with Gasteiger partial charge in [0.15, 0.2) is 0 Å². The van der Waals surface area contributed by atoms with E-state index in [4.69, 9.17) is 5.11 Å². The summed E-state index contributed by atoms with van der Waals surface area (Å²) in [6, 6.07) is 7.86. The molecular formula is C15H18N2O2. The Kier molecular flexibility index (Phi) is 3.25. The van der Waals surface area contributed by atoms with Gasteiger partial charge in [0.2, 0.25) is 0 Å². The Balaban J connectivity index is 1.81. The number of amides is 1. The lowest BCUT2D eigenvalue weighted by Crippen LogP contribution is -2.28. The second-order valence-electron chi connectivity index (χ2n) is 5.17. The molecule has 0 bridgehead atoms. The van der Waals surface area contributed by atoms with Crippen molar-refractivity contribution < 1.29 is 9.90 Å². The molecule has 4 heteroatoms. The predicted octanol–water partition coefficient (Wildman–Crippen LogP) is 2.01. The summed E-state index contributed by atoms with van der Waals surface area (Å²) >= 11 is 0. The highest BCUT2D eigenvalue weighted by molar-refractivity contribution is 6.06. The number of H-pyrrole nitrogens is 1. The van der Waals surface area contributed by atoms with E-state index in [2.05, 4.69) is 4.98 Å². The quantitative estimate of drug-likeness (QED) is 0.885. The van der Waals surface area contributed by atoms with Crippen LogP contribution >= 0.6 is 0 Å². The van der Waals surface area contributed by atoms with Gasteiger partial charge in [0, 0.05) is 36.8 Å². The SMILES string of the molecule is O=C(c1c[nH]c2ccccc12)N1CCC(CCO)C1. The van der Waals surface area contributed by atoms with E-state index in [9.17, 15) is 4.79 Å². The zero-order valence-electron chi connectivity index (χ0n) is 10.8. The van der Waals surface area contributed by atoms with Gasteiger partial charge < -0.3 is 15.0 Å². The molecule has 0 radical (unpaired) electrons. The van der Waals surface area contributed by atoms with Crippen LogP contribution in [0.4, 0.5) is 0 Å². The first-order chi connectivity index (χ1) is 9.29. The molecule has 19 heavy (non-hydrogen) atoms. The van der Waals surface area contributed by atoms with Crippen LogP contribution < -0.4 is 0 Å². The first kappa shape index (κ1) is 12.2. The Morgan fingerprint density at radius 3 is 3.11 bits per heavy atom. The zero-order chi connectivity index (χ0) is 13.2. The van der Waals surface area contributed by atoms with Crippen molar-refractivity contribution in [3.8, 4) is 0 Å². The summed E-state index contributed by atoms with van der Waals surface area (Å²) in [5.74, 6) is 0.539. The Bertz CT molecular complexity index is 591. The lowest BCUT2D eigenvalue weighted by Gasteiger charge is -2.15. The second-order valence-corrected chi connectivity index (χ2v) is 5.17. The molecule has 2 aromatic rings. The number of aromatic nitrogens is 1. The van der Waals surface area contributed by atoms with Gasteiger partial charge in [-0.2, -0.15) is 0 Å². The van der Waals surface area contributed by atoms with Crippen molar-refractivity contribution in [1.29, 1.82) is 0 Å². The summed E-state index contributed by atoms with van der Waals surface area (Å²) in [6.45, 7) is 1.77. The van der Waals surface area contributed by atoms with Crippen LogP contribution in [0.2, 0.25) is 0 Å². The second kappa shape index (κ2) is 5.05. The molecule has 1 aliphatic rings. The maximum Gasteiger partial charge on any atom is 0.256 e. The largest absolute Gasteiger partial charge is 0.396 e. The van der Waals surface area contributed by atoms with Gasteiger partial charge >= 0.3 is 0 Å². The molecule has 1 atom stereocenters. The van der Waals surface area contributed by atoms with Crippen LogP contribution in [0.1, 0.15) is 23.2 Å². The van der Waals surface area contributed by atoms with Crippen molar-refractivity contribution in [2.45, 2.75) is 12.8 Å². The number of benzene rings is 1. The number of nitrogens with one attached hydrogen (secondary N) is 1. The third-order valence-corrected chi connectivity index (χ3v) is 3.93. The monoisotopic (exact) mass is 258 g/mol. The number of hydrogen-bond acceptors (Lipinski definition) is 2. The number of aliphatic hydroxyl groups is 1. The summed E-state index contributed by atoms with van der Waals surface area (Å²) in [6.07, 6.45) is 3.58. The van der Waals surface area contributed by atoms with Crippen LogP contribution in [0.5, 0.6) is 0 Å². The fraction of sp³-hybridized carbons (Fsp3) is 0.400. The fourth-order valence-electron chi connectivity index (χ4n) is 2.85. The number of carbonyl (C=O) groups is 1. The van der Waals surface area contributed by atoms with E-state index in [0.29, 0.717) is 5.92 Å². The smallest absolute Gasteiger partial charge is 0.256 e. The van der Waals surface area contributed by atoms with Gasteiger partial charge in [0.05, 0.1) is 5.56 Å². The van der Waals surface area contributed by atoms with E-state index in [1.165, 1.54) is 0 Å². The molecule has 1 fully saturated rings. The molecule has 2 N–H and O–H groups in total. The number of nitrogens with zero attached hydrogens (tertiary/aromatic N) is 1. The molecule has 1 amide bonds. The fourth-order valence-corrected chi connectivity index (χ4v) is 2.85. The van der Waals surface area contributed by atoms with Crippen LogP contribution in [0.3, 0.4) is 0 Å². The van der Waals surface area contributed by atoms with Crippen molar-refractivity contribution in [2.75, 3.05) is 19.7 Å². The molecule has 2 heterocycles. The summed E-state index contributed by atoms with van der Waals surface area (Å²) in [4.78, 5) is 17.6. The molecule has 1 aromatic heterocycles. The molecule has 1 saturated heterocycles. The zero-order valence-corrected chi connectivity index (χ0v) is 10.8. The molecule has 4 nitrogen and oxygen atoms in total. The number of aromatic amines is 1. The molecule has 1 unspecified atom stereocenters. The number of rotatable bonds is 3. The third kappa shape index (κ3) is 2.24. The summed E-state index contributed by atoms with van der Waals surface area (Å²) in [5.41, 5.74) is 1.75. The minimum absolute atomic E-state index is 0.0953. The highest BCUT2D eigenvalue weighted by atomic mass is 16.3. The molecule has 3 rings (SSSR count). The maximum atomic E-state index is 12.5. The van der Waals surface area contributed by atoms with Crippen molar-refractivity contribution in [1.82, 2.24) is 9.88 Å². The van der Waals surface area contributed by atoms with Crippen molar-refractivity contribution in [3.63, 3.8) is 0 Å². The number of likely N-dealkylation sites (tertiary alicyclic amines) is 1. The van der Waals surface area contributed by atoms with Gasteiger partial charge in [0.25, 0.3) is 5.91 Å². The van der Waals surface area contributed by atoms with Gasteiger partial charge in [-0.3, -0.25) is 4.79 Å². The van der Waals surface area contributed by atoms with E-state index >= 15 is 0 Å². The average Bonchev–Trinajstić information content (AvgIpc) is 3.05. The number of fused-ring (bicyclic) bond motifs is 1. The topological polar surface area (TPSA) is 56.3 Å². The Morgan fingerprint density at radius 2 is 2.26 bits per heavy atom. The van der Waals surface area contributed by atoms with E-state index in [0.717, 1.165) is 42.4 Å². The molecular weight excluding hydrogens is 240 g/mol. The normalized spacial score (nSPS) is 19.2. The lowest BCUT2D eigenvalue weighted by molar-refractivity contribution is 0.0786. The van der Waals surface area contributed by atoms with Crippen molar-refractivity contribution in [2.24, 2.45) is 5.92 Å². The van der Waals surface area contributed by atoms with Gasteiger partial charge in [-0.05, 0) is 24.8 Å². The van der Waals surface area contributed by atoms with Crippen LogP contribution in [0, 0.1) is 5.92 Å². The van der Waals surface area contributed by atoms with E-state index < -0.39 is 0 Å². The van der Waals surface area contributed by atoms with E-state index in [-0.39, 0.29) is 12.5 Å². The van der Waals surface area contributed by atoms with Crippen LogP contribution in [0.15, 0.2) is 30.5 Å². The predicted molar refractivity (Wildman–Crippen MR) is 74.0 cm³/mol. The van der Waals surface area contributed by atoms with Crippen molar-refractivity contribution >= 4 is 16.8 Å². The minimum atomic E-state index is 0.0953. The van der Waals surface area contributed by atoms with Gasteiger partial charge in [-0.15, -0.1) is 0 Å². The van der Waals surface area contributed by atoms with Gasteiger partial charge in [-0.1, -0.05) is 18.2 Å². The summed E-state index contributed by atoms with van der Waals surface area (Å²) in [5, 5.41) is 9.95. The lowest BCUT2D eigenvalue weighted by atomic mass is 10.1. The minimum Gasteiger partial charge on any atom is -0.396 e. The Labute approximate surface area is 112 Å². The first-order valence-corrected chi connectivity index (χ1v) is 6.76. The molecule has 1 aromatic carbocycles. The maximum absolute atomic E-state index is 12.5. The number of carbonyl (C=O) groups excluding carboxylic acids is 1. The third-order valence-electron chi connectivity index (χ3n) is 3.93. The number of hydrogen-bond donors (Lipinski definition) is 2. The molecule has 100 valence electrons.